The quantitative estimate of drug-likeness (QED) is 0.154. The fourth-order valence-electron chi connectivity index (χ4n) is 7.17. The number of nitrogens with one attached hydrogen (secondary N) is 2. The molecule has 2 N–H and O–H groups in total. The number of aromatic nitrogens is 5. The molecule has 12 nitrogen and oxygen atoms in total. The van der Waals surface area contributed by atoms with Crippen molar-refractivity contribution in [3.8, 4) is 23.5 Å². The molecule has 0 bridgehead atoms. The number of aryl methyl sites for hydroxylation is 3. The Kier molecular flexibility index (Phi) is 10.5. The van der Waals surface area contributed by atoms with E-state index in [1.807, 2.05) is 90.0 Å². The SMILES string of the molecule is CCc1[nH]cc2c1NC1=C(C(=O)CCC1)C2c1cccc(Oc2nc3ccccc3n2C)c1.Cn1c(Oc2cccc(C=O)c2)nc2ccccc21.O=C=O. The minimum atomic E-state index is -0.107. The van der Waals surface area contributed by atoms with Crippen molar-refractivity contribution in [3.63, 3.8) is 0 Å². The summed E-state index contributed by atoms with van der Waals surface area (Å²) in [6, 6.07) is 31.9. The second-order valence-corrected chi connectivity index (χ2v) is 13.1. The zero-order chi connectivity index (χ0) is 38.5. The van der Waals surface area contributed by atoms with Crippen molar-refractivity contribution in [2.45, 2.75) is 38.5 Å². The van der Waals surface area contributed by atoms with E-state index in [1.165, 1.54) is 5.69 Å². The van der Waals surface area contributed by atoms with Crippen LogP contribution in [0.15, 0.2) is 115 Å². The zero-order valence-corrected chi connectivity index (χ0v) is 30.5. The number of rotatable bonds is 7. The summed E-state index contributed by atoms with van der Waals surface area (Å²) in [5.41, 5.74) is 10.8. The number of ether oxygens (including phenoxy) is 2. The van der Waals surface area contributed by atoms with Gasteiger partial charge in [0.2, 0.25) is 0 Å². The summed E-state index contributed by atoms with van der Waals surface area (Å²) in [4.78, 5) is 52.5. The standard InChI is InChI=1S/C27H26N4O2.C15H12N2O2.CO2/c1-3-19-26-18(15-28-19)24(25-21(29-26)11-7-13-23(25)32)16-8-6-9-17(14-16)33-27-30-20-10-4-5-12-22(20)31(27)2;1-17-14-8-3-2-7-13(14)16-15(17)19-12-6-4-5-11(9-12)10-18;2-1-3/h4-6,8-10,12,14-15,24,28-29H,3,7,11,13H2,1-2H3;2-10H,1H3;. The number of allylic oxidation sites excluding steroid dienone is 2. The highest BCUT2D eigenvalue weighted by molar-refractivity contribution is 6.01. The number of imidazole rings is 2. The second-order valence-electron chi connectivity index (χ2n) is 13.1. The van der Waals surface area contributed by atoms with Crippen LogP contribution in [0.3, 0.4) is 0 Å². The van der Waals surface area contributed by atoms with Crippen LogP contribution >= 0.6 is 0 Å². The van der Waals surface area contributed by atoms with Crippen LogP contribution in [0.25, 0.3) is 22.1 Å². The molecule has 7 aromatic rings. The molecule has 0 spiro atoms. The van der Waals surface area contributed by atoms with Crippen LogP contribution in [0, 0.1) is 0 Å². The number of aromatic amines is 1. The van der Waals surface area contributed by atoms with Crippen LogP contribution < -0.4 is 14.8 Å². The number of para-hydroxylation sites is 4. The molecule has 2 aliphatic rings. The molecule has 0 amide bonds. The van der Waals surface area contributed by atoms with Gasteiger partial charge in [-0.05, 0) is 73.4 Å². The van der Waals surface area contributed by atoms with E-state index in [2.05, 4.69) is 39.5 Å². The van der Waals surface area contributed by atoms with Crippen molar-refractivity contribution < 1.29 is 28.7 Å². The van der Waals surface area contributed by atoms with Crippen LogP contribution in [-0.2, 0) is 34.9 Å². The Bertz CT molecular complexity index is 2610. The third kappa shape index (κ3) is 7.31. The number of hydrogen-bond acceptors (Lipinski definition) is 9. The van der Waals surface area contributed by atoms with E-state index in [0.29, 0.717) is 35.5 Å². The van der Waals surface area contributed by atoms with E-state index >= 15 is 0 Å². The number of nitrogens with zero attached hydrogens (tertiary/aromatic N) is 4. The minimum absolute atomic E-state index is 0.107. The summed E-state index contributed by atoms with van der Waals surface area (Å²) in [5.74, 6) is 1.44. The van der Waals surface area contributed by atoms with E-state index in [1.54, 1.807) is 24.3 Å². The molecule has 0 saturated carbocycles. The van der Waals surface area contributed by atoms with Gasteiger partial charge < -0.3 is 19.8 Å². The third-order valence-electron chi connectivity index (χ3n) is 9.77. The first kappa shape index (κ1) is 36.3. The molecule has 1 aliphatic carbocycles. The Hall–Kier alpha value is -7.04. The first-order chi connectivity index (χ1) is 26.8. The van der Waals surface area contributed by atoms with Gasteiger partial charge in [0.15, 0.2) is 5.78 Å². The smallest absolute Gasteiger partial charge is 0.373 e. The van der Waals surface area contributed by atoms with Gasteiger partial charge in [0.1, 0.15) is 17.8 Å². The monoisotopic (exact) mass is 734 g/mol. The van der Waals surface area contributed by atoms with E-state index in [-0.39, 0.29) is 17.9 Å². The van der Waals surface area contributed by atoms with Gasteiger partial charge in [-0.15, -0.1) is 0 Å². The first-order valence-electron chi connectivity index (χ1n) is 17.9. The maximum atomic E-state index is 13.1. The summed E-state index contributed by atoms with van der Waals surface area (Å²) in [5, 5.41) is 3.59. The van der Waals surface area contributed by atoms with Crippen molar-refractivity contribution in [2.24, 2.45) is 14.1 Å². The van der Waals surface area contributed by atoms with Crippen molar-refractivity contribution in [1.82, 2.24) is 24.1 Å². The predicted octanol–water partition coefficient (Wildman–Crippen LogP) is 8.42. The molecule has 1 unspecified atom stereocenters. The number of fused-ring (bicyclic) bond motifs is 3. The molecule has 12 heteroatoms. The first-order valence-corrected chi connectivity index (χ1v) is 17.9. The number of benzene rings is 4. The van der Waals surface area contributed by atoms with Crippen molar-refractivity contribution in [2.75, 3.05) is 5.32 Å². The molecule has 0 radical (unpaired) electrons. The average Bonchev–Trinajstić information content (AvgIpc) is 3.87. The Morgan fingerprint density at radius 1 is 0.818 bits per heavy atom. The summed E-state index contributed by atoms with van der Waals surface area (Å²) < 4.78 is 15.8. The molecule has 0 fully saturated rings. The molecule has 1 aliphatic heterocycles. The van der Waals surface area contributed by atoms with Gasteiger partial charge in [-0.25, -0.2) is 0 Å². The van der Waals surface area contributed by atoms with Crippen LogP contribution in [0.4, 0.5) is 5.69 Å². The number of ketones is 1. The number of Topliss-reactive ketones (excluding diaryl/α,β-unsaturated/α-hetero) is 1. The highest BCUT2D eigenvalue weighted by Crippen LogP contribution is 2.47. The maximum Gasteiger partial charge on any atom is 0.373 e. The lowest BCUT2D eigenvalue weighted by Crippen LogP contribution is -2.26. The highest BCUT2D eigenvalue weighted by Gasteiger charge is 2.36. The molecule has 55 heavy (non-hydrogen) atoms. The number of aldehydes is 1. The topological polar surface area (TPSA) is 150 Å². The summed E-state index contributed by atoms with van der Waals surface area (Å²) in [7, 11) is 3.85. The summed E-state index contributed by atoms with van der Waals surface area (Å²) in [6.07, 6.45) is 6.41. The van der Waals surface area contributed by atoms with Crippen LogP contribution in [-0.4, -0.2) is 42.3 Å². The minimum Gasteiger partial charge on any atom is -0.425 e. The zero-order valence-electron chi connectivity index (χ0n) is 30.5. The molecule has 4 aromatic carbocycles. The Balaban J connectivity index is 0.000000179. The lowest BCUT2D eigenvalue weighted by Gasteiger charge is -2.33. The number of carbonyl (C=O) groups is 2. The molecular formula is C43H38N6O6. The summed E-state index contributed by atoms with van der Waals surface area (Å²) in [6.45, 7) is 2.14. The van der Waals surface area contributed by atoms with E-state index in [4.69, 9.17) is 19.1 Å². The van der Waals surface area contributed by atoms with Crippen molar-refractivity contribution in [3.05, 3.63) is 137 Å². The van der Waals surface area contributed by atoms with E-state index in [9.17, 15) is 9.59 Å². The number of anilines is 1. The lowest BCUT2D eigenvalue weighted by atomic mass is 9.76. The normalized spacial score (nSPS) is 14.4. The maximum absolute atomic E-state index is 13.1. The van der Waals surface area contributed by atoms with Gasteiger partial charge in [-0.1, -0.05) is 55.5 Å². The lowest BCUT2D eigenvalue weighted by molar-refractivity contribution is -0.191. The molecular weight excluding hydrogens is 697 g/mol. The fraction of sp³-hybridized carbons (Fsp3) is 0.186. The molecule has 276 valence electrons. The third-order valence-corrected chi connectivity index (χ3v) is 9.77. The van der Waals surface area contributed by atoms with E-state index in [0.717, 1.165) is 75.7 Å². The van der Waals surface area contributed by atoms with Crippen LogP contribution in [0.2, 0.25) is 0 Å². The van der Waals surface area contributed by atoms with Gasteiger partial charge in [0.25, 0.3) is 0 Å². The molecule has 0 saturated heterocycles. The van der Waals surface area contributed by atoms with Gasteiger partial charge in [-0.2, -0.15) is 19.6 Å². The molecule has 1 atom stereocenters. The molecule has 9 rings (SSSR count). The summed E-state index contributed by atoms with van der Waals surface area (Å²) >= 11 is 0. The number of hydrogen-bond donors (Lipinski definition) is 2. The Labute approximate surface area is 316 Å². The predicted molar refractivity (Wildman–Crippen MR) is 206 cm³/mol. The molecule has 3 aromatic heterocycles. The van der Waals surface area contributed by atoms with Crippen LogP contribution in [0.5, 0.6) is 23.5 Å². The van der Waals surface area contributed by atoms with Crippen molar-refractivity contribution >= 4 is 46.0 Å². The average molecular weight is 735 g/mol. The fourth-order valence-corrected chi connectivity index (χ4v) is 7.17. The van der Waals surface area contributed by atoms with Gasteiger partial charge in [0, 0.05) is 60.7 Å². The largest absolute Gasteiger partial charge is 0.425 e. The Morgan fingerprint density at radius 2 is 1.42 bits per heavy atom. The number of carbonyl (C=O) groups excluding carboxylic acids is 4. The second kappa shape index (κ2) is 15.9. The van der Waals surface area contributed by atoms with E-state index < -0.39 is 0 Å². The highest BCUT2D eigenvalue weighted by atomic mass is 16.5. The van der Waals surface area contributed by atoms with Crippen molar-refractivity contribution in [1.29, 1.82) is 0 Å². The van der Waals surface area contributed by atoms with Crippen LogP contribution in [0.1, 0.15) is 59.3 Å². The van der Waals surface area contributed by atoms with Gasteiger partial charge >= 0.3 is 18.2 Å². The van der Waals surface area contributed by atoms with Gasteiger partial charge in [-0.3, -0.25) is 18.7 Å². The number of H-pyrrole nitrogens is 1. The molecule has 4 heterocycles. The van der Waals surface area contributed by atoms with Gasteiger partial charge in [0.05, 0.1) is 27.8 Å². The Morgan fingerprint density at radius 3 is 2.02 bits per heavy atom.